The van der Waals surface area contributed by atoms with Crippen LogP contribution in [0.1, 0.15) is 29.3 Å². The molecule has 3 heterocycles. The maximum atomic E-state index is 13.2. The number of rotatable bonds is 3. The number of hydrogen-bond acceptors (Lipinski definition) is 4. The summed E-state index contributed by atoms with van der Waals surface area (Å²) in [4.78, 5) is 36.5. The van der Waals surface area contributed by atoms with E-state index < -0.39 is 29.7 Å². The molecule has 2 aliphatic heterocycles. The van der Waals surface area contributed by atoms with Crippen molar-refractivity contribution in [2.24, 2.45) is 4.99 Å². The Kier molecular flexibility index (Phi) is 4.95. The Morgan fingerprint density at radius 3 is 2.68 bits per heavy atom. The average molecular weight is 431 g/mol. The van der Waals surface area contributed by atoms with E-state index in [1.165, 1.54) is 11.8 Å². The van der Waals surface area contributed by atoms with Crippen LogP contribution < -0.4 is 15.1 Å². The van der Waals surface area contributed by atoms with Gasteiger partial charge >= 0.3 is 12.2 Å². The largest absolute Gasteiger partial charge is 0.416 e. The summed E-state index contributed by atoms with van der Waals surface area (Å²) in [6, 6.07) is 5.50. The van der Waals surface area contributed by atoms with E-state index >= 15 is 0 Å². The van der Waals surface area contributed by atoms with E-state index in [1.54, 1.807) is 13.1 Å². The molecule has 1 N–H and O–H groups in total. The molecular formula is C21H20F3N5O2. The van der Waals surface area contributed by atoms with Crippen LogP contribution in [0.5, 0.6) is 0 Å². The van der Waals surface area contributed by atoms with Gasteiger partial charge in [0.15, 0.2) is 0 Å². The monoisotopic (exact) mass is 431 g/mol. The van der Waals surface area contributed by atoms with Gasteiger partial charge in [0, 0.05) is 36.2 Å². The summed E-state index contributed by atoms with van der Waals surface area (Å²) < 4.78 is 39.7. The second kappa shape index (κ2) is 7.36. The third-order valence-electron chi connectivity index (χ3n) is 5.46. The Hall–Kier alpha value is -3.43. The fourth-order valence-electron chi connectivity index (χ4n) is 3.81. The van der Waals surface area contributed by atoms with Crippen molar-refractivity contribution in [3.05, 3.63) is 52.7 Å². The number of alkyl halides is 3. The van der Waals surface area contributed by atoms with Crippen LogP contribution in [0.3, 0.4) is 0 Å². The number of fused-ring (bicyclic) bond motifs is 1. The van der Waals surface area contributed by atoms with E-state index in [4.69, 9.17) is 0 Å². The number of nitrogens with one attached hydrogen (secondary N) is 1. The van der Waals surface area contributed by atoms with Crippen molar-refractivity contribution in [3.63, 3.8) is 0 Å². The minimum absolute atomic E-state index is 0.0356. The highest BCUT2D eigenvalue weighted by Gasteiger charge is 2.41. The zero-order valence-electron chi connectivity index (χ0n) is 17.1. The minimum atomic E-state index is -4.60. The van der Waals surface area contributed by atoms with Crippen LogP contribution in [0.25, 0.3) is 0 Å². The third-order valence-corrected chi connectivity index (χ3v) is 5.46. The number of hydrogen-bond donors (Lipinski definition) is 1. The molecule has 2 aliphatic rings. The SMILES string of the molecule is CC1=NCc2cc(N(C)C(=O)[C@@H]3CNC(=O)N3c3cc(C(F)(F)F)cc(C)n3)ccc21. The first-order valence-corrected chi connectivity index (χ1v) is 9.61. The predicted molar refractivity (Wildman–Crippen MR) is 109 cm³/mol. The smallest absolute Gasteiger partial charge is 0.335 e. The quantitative estimate of drug-likeness (QED) is 0.810. The molecule has 0 saturated carbocycles. The minimum Gasteiger partial charge on any atom is -0.335 e. The predicted octanol–water partition coefficient (Wildman–Crippen LogP) is 3.29. The number of carbonyl (C=O) groups is 2. The number of benzene rings is 1. The van der Waals surface area contributed by atoms with Gasteiger partial charge in [0.05, 0.1) is 12.1 Å². The van der Waals surface area contributed by atoms with E-state index in [2.05, 4.69) is 15.3 Å². The number of aryl methyl sites for hydroxylation is 1. The van der Waals surface area contributed by atoms with Gasteiger partial charge in [-0.3, -0.25) is 14.7 Å². The van der Waals surface area contributed by atoms with Crippen LogP contribution in [0.4, 0.5) is 29.5 Å². The first-order chi connectivity index (χ1) is 14.6. The Bertz CT molecular complexity index is 1110. The van der Waals surface area contributed by atoms with Crippen LogP contribution >= 0.6 is 0 Å². The van der Waals surface area contributed by atoms with Gasteiger partial charge in [0.1, 0.15) is 11.9 Å². The van der Waals surface area contributed by atoms with Crippen molar-refractivity contribution in [2.45, 2.75) is 32.6 Å². The second-order valence-electron chi connectivity index (χ2n) is 7.57. The summed E-state index contributed by atoms with van der Waals surface area (Å²) in [5.41, 5.74) is 2.72. The maximum absolute atomic E-state index is 13.2. The highest BCUT2D eigenvalue weighted by atomic mass is 19.4. The molecule has 31 heavy (non-hydrogen) atoms. The van der Waals surface area contributed by atoms with Gasteiger partial charge in [-0.05, 0) is 43.7 Å². The molecule has 4 rings (SSSR count). The van der Waals surface area contributed by atoms with E-state index in [-0.39, 0.29) is 18.1 Å². The second-order valence-corrected chi connectivity index (χ2v) is 7.57. The zero-order valence-corrected chi connectivity index (χ0v) is 17.1. The number of aliphatic imine (C=N–C) groups is 1. The molecule has 1 aromatic carbocycles. The Balaban J connectivity index is 1.64. The van der Waals surface area contributed by atoms with E-state index in [9.17, 15) is 22.8 Å². The van der Waals surface area contributed by atoms with Gasteiger partial charge in [0.25, 0.3) is 5.91 Å². The van der Waals surface area contributed by atoms with Crippen molar-refractivity contribution >= 4 is 29.2 Å². The summed E-state index contributed by atoms with van der Waals surface area (Å²) in [7, 11) is 1.57. The lowest BCUT2D eigenvalue weighted by atomic mass is 10.1. The number of urea groups is 1. The molecule has 1 aromatic heterocycles. The van der Waals surface area contributed by atoms with Gasteiger partial charge in [-0.15, -0.1) is 0 Å². The zero-order chi connectivity index (χ0) is 22.5. The lowest BCUT2D eigenvalue weighted by Gasteiger charge is -2.27. The summed E-state index contributed by atoms with van der Waals surface area (Å²) in [6.45, 7) is 3.81. The Labute approximate surface area is 176 Å². The Morgan fingerprint density at radius 2 is 1.97 bits per heavy atom. The fourth-order valence-corrected chi connectivity index (χ4v) is 3.81. The van der Waals surface area contributed by atoms with Crippen molar-refractivity contribution in [3.8, 4) is 0 Å². The lowest BCUT2D eigenvalue weighted by Crippen LogP contribution is -2.47. The van der Waals surface area contributed by atoms with Gasteiger partial charge in [-0.1, -0.05) is 6.07 Å². The molecule has 7 nitrogen and oxygen atoms in total. The number of likely N-dealkylation sites (N-methyl/N-ethyl adjacent to an activating group) is 1. The van der Waals surface area contributed by atoms with Gasteiger partial charge in [-0.25, -0.2) is 9.78 Å². The number of anilines is 2. The van der Waals surface area contributed by atoms with E-state index in [0.717, 1.165) is 33.9 Å². The van der Waals surface area contributed by atoms with Gasteiger partial charge < -0.3 is 10.2 Å². The third kappa shape index (κ3) is 3.73. The van der Waals surface area contributed by atoms with Gasteiger partial charge in [0.2, 0.25) is 0 Å². The van der Waals surface area contributed by atoms with Crippen molar-refractivity contribution in [2.75, 3.05) is 23.4 Å². The molecule has 0 aliphatic carbocycles. The van der Waals surface area contributed by atoms with Crippen molar-refractivity contribution in [1.82, 2.24) is 10.3 Å². The highest BCUT2D eigenvalue weighted by molar-refractivity contribution is 6.08. The highest BCUT2D eigenvalue weighted by Crippen LogP contribution is 2.33. The number of carbonyl (C=O) groups excluding carboxylic acids is 2. The molecule has 0 unspecified atom stereocenters. The topological polar surface area (TPSA) is 77.9 Å². The summed E-state index contributed by atoms with van der Waals surface area (Å²) >= 11 is 0. The number of pyridine rings is 1. The molecule has 1 fully saturated rings. The summed E-state index contributed by atoms with van der Waals surface area (Å²) in [6.07, 6.45) is -4.60. The molecule has 2 aromatic rings. The molecule has 10 heteroatoms. The standard InChI is InChI=1S/C21H20F3N5O2/c1-11-6-14(21(22,23)24)8-18(27-11)29-17(10-26-20(29)31)19(30)28(3)15-4-5-16-12(2)25-9-13(16)7-15/h4-8,17H,9-10H2,1-3H3,(H,26,31)/t17-/m0/s1. The number of nitrogens with zero attached hydrogens (tertiary/aromatic N) is 4. The molecule has 0 radical (unpaired) electrons. The summed E-state index contributed by atoms with van der Waals surface area (Å²) in [5.74, 6) is -0.655. The molecule has 0 bridgehead atoms. The number of amides is 3. The van der Waals surface area contributed by atoms with E-state index in [0.29, 0.717) is 12.2 Å². The molecule has 3 amide bonds. The molecule has 162 valence electrons. The lowest BCUT2D eigenvalue weighted by molar-refractivity contribution is -0.137. The van der Waals surface area contributed by atoms with Crippen molar-refractivity contribution < 1.29 is 22.8 Å². The molecule has 1 atom stereocenters. The molecule has 1 saturated heterocycles. The van der Waals surface area contributed by atoms with Crippen LogP contribution in [-0.2, 0) is 17.5 Å². The fraction of sp³-hybridized carbons (Fsp3) is 0.333. The summed E-state index contributed by atoms with van der Waals surface area (Å²) in [5, 5.41) is 2.53. The Morgan fingerprint density at radius 1 is 1.23 bits per heavy atom. The van der Waals surface area contributed by atoms with Crippen LogP contribution in [0.15, 0.2) is 35.3 Å². The first kappa shape index (κ1) is 20.8. The maximum Gasteiger partial charge on any atom is 0.416 e. The normalized spacial score (nSPS) is 18.0. The van der Waals surface area contributed by atoms with Gasteiger partial charge in [-0.2, -0.15) is 13.2 Å². The van der Waals surface area contributed by atoms with Crippen molar-refractivity contribution in [1.29, 1.82) is 0 Å². The van der Waals surface area contributed by atoms with Crippen LogP contribution in [0, 0.1) is 6.92 Å². The van der Waals surface area contributed by atoms with E-state index in [1.807, 2.05) is 19.1 Å². The number of halogens is 3. The molecule has 0 spiro atoms. The average Bonchev–Trinajstić information content (AvgIpc) is 3.28. The van der Waals surface area contributed by atoms with Crippen LogP contribution in [0.2, 0.25) is 0 Å². The number of aromatic nitrogens is 1. The van der Waals surface area contributed by atoms with Crippen LogP contribution in [-0.4, -0.2) is 42.3 Å². The first-order valence-electron chi connectivity index (χ1n) is 9.61. The molecular weight excluding hydrogens is 411 g/mol.